The summed E-state index contributed by atoms with van der Waals surface area (Å²) in [6, 6.07) is 6.77. The quantitative estimate of drug-likeness (QED) is 0.330. The number of thiazole rings is 1. The molecule has 0 spiro atoms. The van der Waals surface area contributed by atoms with Crippen LogP contribution in [-0.4, -0.2) is 49.9 Å². The predicted molar refractivity (Wildman–Crippen MR) is 137 cm³/mol. The van der Waals surface area contributed by atoms with E-state index in [9.17, 15) is 26.4 Å². The number of aromatic nitrogens is 3. The molecule has 3 N–H and O–H groups in total. The third-order valence-electron chi connectivity index (χ3n) is 5.57. The number of hydrogen-bond acceptors (Lipinski definition) is 10. The van der Waals surface area contributed by atoms with Crippen molar-refractivity contribution in [3.63, 3.8) is 0 Å². The van der Waals surface area contributed by atoms with Crippen LogP contribution in [0.25, 0.3) is 0 Å². The first-order valence-electron chi connectivity index (χ1n) is 11.2. The second-order valence-electron chi connectivity index (χ2n) is 8.34. The number of anilines is 2. The minimum Gasteiger partial charge on any atom is -0.294 e. The summed E-state index contributed by atoms with van der Waals surface area (Å²) < 4.78 is 51.5. The van der Waals surface area contributed by atoms with Gasteiger partial charge in [-0.3, -0.25) is 15.4 Å². The van der Waals surface area contributed by atoms with E-state index in [1.807, 2.05) is 0 Å². The highest BCUT2D eigenvalue weighted by Gasteiger charge is 2.29. The van der Waals surface area contributed by atoms with Crippen molar-refractivity contribution in [1.29, 1.82) is 0 Å². The monoisotopic (exact) mass is 564 g/mol. The van der Waals surface area contributed by atoms with Crippen LogP contribution in [-0.2, 0) is 26.4 Å². The van der Waals surface area contributed by atoms with Crippen molar-refractivity contribution in [3.8, 4) is 0 Å². The van der Waals surface area contributed by atoms with Gasteiger partial charge in [-0.15, -0.1) is 0 Å². The fourth-order valence-electron chi connectivity index (χ4n) is 3.86. The smallest absolute Gasteiger partial charge is 0.294 e. The predicted octanol–water partition coefficient (Wildman–Crippen LogP) is 2.83. The summed E-state index contributed by atoms with van der Waals surface area (Å²) in [7, 11) is -7.82. The highest BCUT2D eigenvalue weighted by molar-refractivity contribution is 7.93. The van der Waals surface area contributed by atoms with Crippen molar-refractivity contribution in [2.24, 2.45) is 5.92 Å². The van der Waals surface area contributed by atoms with Crippen molar-refractivity contribution < 1.29 is 26.4 Å². The number of ketones is 1. The molecule has 4 rings (SSSR count). The molecule has 2 amide bonds. The molecule has 196 valence electrons. The molecule has 0 atom stereocenters. The van der Waals surface area contributed by atoms with Crippen LogP contribution in [0.15, 0.2) is 52.0 Å². The first kappa shape index (κ1) is 26.8. The lowest BCUT2D eigenvalue weighted by Crippen LogP contribution is -2.23. The number of sulfone groups is 1. The molecule has 3 aromatic rings. The minimum atomic E-state index is -4.16. The molecule has 37 heavy (non-hydrogen) atoms. The fourth-order valence-corrected chi connectivity index (χ4v) is 6.98. The highest BCUT2D eigenvalue weighted by atomic mass is 32.2. The van der Waals surface area contributed by atoms with Crippen LogP contribution in [0, 0.1) is 5.92 Å². The second kappa shape index (κ2) is 11.0. The molecular formula is C22H24N6O6S3. The number of urea groups is 1. The molecule has 1 saturated carbocycles. The molecule has 3 aromatic heterocycles. The third-order valence-corrected chi connectivity index (χ3v) is 9.47. The molecule has 1 aliphatic carbocycles. The largest absolute Gasteiger partial charge is 0.326 e. The van der Waals surface area contributed by atoms with Gasteiger partial charge in [0.25, 0.3) is 0 Å². The molecular weight excluding hydrogens is 540 g/mol. The van der Waals surface area contributed by atoms with Gasteiger partial charge in [-0.25, -0.2) is 41.3 Å². The van der Waals surface area contributed by atoms with Crippen molar-refractivity contribution in [3.05, 3.63) is 54.0 Å². The van der Waals surface area contributed by atoms with Crippen molar-refractivity contribution in [1.82, 2.24) is 19.7 Å². The van der Waals surface area contributed by atoms with Crippen LogP contribution in [0.1, 0.15) is 41.7 Å². The van der Waals surface area contributed by atoms with Gasteiger partial charge in [0, 0.05) is 18.3 Å². The van der Waals surface area contributed by atoms with Crippen LogP contribution < -0.4 is 15.4 Å². The average Bonchev–Trinajstić information content (AvgIpc) is 3.53. The van der Waals surface area contributed by atoms with Gasteiger partial charge in [-0.1, -0.05) is 30.2 Å². The lowest BCUT2D eigenvalue weighted by molar-refractivity contribution is 0.0923. The van der Waals surface area contributed by atoms with E-state index in [4.69, 9.17) is 0 Å². The van der Waals surface area contributed by atoms with E-state index in [1.165, 1.54) is 24.5 Å². The van der Waals surface area contributed by atoms with E-state index in [0.29, 0.717) is 16.9 Å². The molecule has 15 heteroatoms. The summed E-state index contributed by atoms with van der Waals surface area (Å²) >= 11 is 0.648. The van der Waals surface area contributed by atoms with Crippen LogP contribution in [0.5, 0.6) is 0 Å². The van der Waals surface area contributed by atoms with Gasteiger partial charge in [0.2, 0.25) is 19.9 Å². The summed E-state index contributed by atoms with van der Waals surface area (Å²) in [6.45, 7) is -0.416. The first-order chi connectivity index (χ1) is 17.5. The van der Waals surface area contributed by atoms with E-state index in [-0.39, 0.29) is 37.6 Å². The number of nitrogens with zero attached hydrogens (tertiary/aromatic N) is 3. The van der Waals surface area contributed by atoms with Crippen molar-refractivity contribution in [2.45, 2.75) is 41.5 Å². The number of sulfonamides is 1. The van der Waals surface area contributed by atoms with Crippen molar-refractivity contribution in [2.75, 3.05) is 16.9 Å². The average molecular weight is 565 g/mol. The molecule has 0 saturated heterocycles. The molecule has 0 unspecified atom stereocenters. The van der Waals surface area contributed by atoms with Crippen LogP contribution in [0.3, 0.4) is 0 Å². The zero-order valence-corrected chi connectivity index (χ0v) is 22.1. The first-order valence-corrected chi connectivity index (χ1v) is 15.4. The minimum absolute atomic E-state index is 0.0775. The third kappa shape index (κ3) is 6.54. The molecule has 0 aromatic carbocycles. The van der Waals surface area contributed by atoms with Crippen LogP contribution in [0.2, 0.25) is 0 Å². The molecule has 1 fully saturated rings. The van der Waals surface area contributed by atoms with E-state index in [0.717, 1.165) is 31.9 Å². The summed E-state index contributed by atoms with van der Waals surface area (Å²) in [5.74, 6) is -0.127. The Morgan fingerprint density at radius 3 is 2.41 bits per heavy atom. The number of carbonyl (C=O) groups is 2. The summed E-state index contributed by atoms with van der Waals surface area (Å²) in [5.41, 5.74) is 0.187. The number of carbonyl (C=O) groups excluding carboxylic acids is 2. The van der Waals surface area contributed by atoms with Gasteiger partial charge in [0.15, 0.2) is 20.1 Å². The molecule has 3 heterocycles. The van der Waals surface area contributed by atoms with E-state index in [1.54, 1.807) is 18.2 Å². The zero-order chi connectivity index (χ0) is 26.6. The Morgan fingerprint density at radius 1 is 1.00 bits per heavy atom. The standard InChI is InChI=1S/C22H24N6O6S3/c1-36(31,32)25-13-16-20(37(33,34)17-10-4-5-11-23-17)35-22(26-16)28-21(30)27-19-15(9-6-12-24-19)18(29)14-7-2-3-8-14/h4-6,9-12,14,25H,2-3,7-8,13H2,1H3,(H2,24,26,27,28,30). The second-order valence-corrected chi connectivity index (χ2v) is 13.3. The number of nitrogens with one attached hydrogen (secondary N) is 3. The number of Topliss-reactive ketones (excluding diaryl/α,β-unsaturated/α-hetero) is 1. The maximum absolute atomic E-state index is 13.2. The molecule has 0 bridgehead atoms. The zero-order valence-electron chi connectivity index (χ0n) is 19.7. The van der Waals surface area contributed by atoms with Crippen molar-refractivity contribution >= 4 is 54.0 Å². The highest BCUT2D eigenvalue weighted by Crippen LogP contribution is 2.32. The number of amides is 2. The summed E-state index contributed by atoms with van der Waals surface area (Å²) in [5, 5.41) is 4.63. The van der Waals surface area contributed by atoms with Gasteiger partial charge < -0.3 is 0 Å². The van der Waals surface area contributed by atoms with E-state index >= 15 is 0 Å². The van der Waals surface area contributed by atoms with Gasteiger partial charge in [0.05, 0.1) is 24.1 Å². The Kier molecular flexibility index (Phi) is 7.96. The number of rotatable bonds is 9. The van der Waals surface area contributed by atoms with E-state index in [2.05, 4.69) is 30.3 Å². The van der Waals surface area contributed by atoms with Gasteiger partial charge in [-0.2, -0.15) is 0 Å². The molecule has 0 aliphatic heterocycles. The Hall–Kier alpha value is -3.27. The number of pyridine rings is 2. The summed E-state index contributed by atoms with van der Waals surface area (Å²) in [6.07, 6.45) is 7.21. The maximum atomic E-state index is 13.2. The molecule has 0 radical (unpaired) electrons. The van der Waals surface area contributed by atoms with Gasteiger partial charge in [0.1, 0.15) is 5.82 Å². The Balaban J connectivity index is 1.58. The molecule has 12 nitrogen and oxygen atoms in total. The fraction of sp³-hybridized carbons (Fsp3) is 0.318. The lowest BCUT2D eigenvalue weighted by Gasteiger charge is -2.12. The van der Waals surface area contributed by atoms with E-state index < -0.39 is 32.4 Å². The van der Waals surface area contributed by atoms with Crippen LogP contribution in [0.4, 0.5) is 15.7 Å². The number of hydrogen-bond donors (Lipinski definition) is 3. The Morgan fingerprint density at radius 2 is 1.73 bits per heavy atom. The van der Waals surface area contributed by atoms with Gasteiger partial charge >= 0.3 is 6.03 Å². The normalized spacial score (nSPS) is 14.4. The Bertz CT molecular complexity index is 1520. The Labute approximate surface area is 217 Å². The SMILES string of the molecule is CS(=O)(=O)NCc1nc(NC(=O)Nc2ncccc2C(=O)C2CCCC2)sc1S(=O)(=O)c1ccccn1. The maximum Gasteiger partial charge on any atom is 0.326 e. The topological polar surface area (TPSA) is 177 Å². The lowest BCUT2D eigenvalue weighted by atomic mass is 9.97. The van der Waals surface area contributed by atoms with Crippen LogP contribution >= 0.6 is 11.3 Å². The van der Waals surface area contributed by atoms with Gasteiger partial charge in [-0.05, 0) is 37.1 Å². The summed E-state index contributed by atoms with van der Waals surface area (Å²) in [4.78, 5) is 37.8. The molecule has 1 aliphatic rings.